The normalized spacial score (nSPS) is 17.8. The van der Waals surface area contributed by atoms with Crippen LogP contribution in [0.3, 0.4) is 0 Å². The molecule has 1 fully saturated rings. The predicted octanol–water partition coefficient (Wildman–Crippen LogP) is 2.89. The summed E-state index contributed by atoms with van der Waals surface area (Å²) >= 11 is 0. The van der Waals surface area contributed by atoms with Gasteiger partial charge in [0.1, 0.15) is 12.8 Å². The highest BCUT2D eigenvalue weighted by molar-refractivity contribution is 5.94. The molecule has 23 heavy (non-hydrogen) atoms. The van der Waals surface area contributed by atoms with Gasteiger partial charge in [-0.25, -0.2) is 4.57 Å². The minimum Gasteiger partial charge on any atom is -0.497 e. The van der Waals surface area contributed by atoms with E-state index < -0.39 is 0 Å². The topological polar surface area (TPSA) is 33.4 Å². The van der Waals surface area contributed by atoms with E-state index in [1.54, 1.807) is 7.11 Å². The Morgan fingerprint density at radius 2 is 2.00 bits per heavy atom. The molecular weight excluding hydrogens is 288 g/mol. The number of benzene rings is 1. The summed E-state index contributed by atoms with van der Waals surface area (Å²) in [6, 6.07) is 11.7. The molecule has 1 amide bonds. The van der Waals surface area contributed by atoms with Gasteiger partial charge in [0.25, 0.3) is 5.91 Å². The van der Waals surface area contributed by atoms with E-state index in [4.69, 9.17) is 4.74 Å². The van der Waals surface area contributed by atoms with Crippen molar-refractivity contribution >= 4 is 5.91 Å². The number of rotatable bonds is 3. The molecule has 0 spiro atoms. The van der Waals surface area contributed by atoms with Gasteiger partial charge in [0.05, 0.1) is 13.2 Å². The van der Waals surface area contributed by atoms with E-state index in [1.165, 1.54) is 5.56 Å². The van der Waals surface area contributed by atoms with Crippen LogP contribution in [0.1, 0.15) is 41.2 Å². The van der Waals surface area contributed by atoms with Crippen LogP contribution in [0.15, 0.2) is 48.8 Å². The van der Waals surface area contributed by atoms with Crippen LogP contribution in [-0.2, 0) is 7.05 Å². The van der Waals surface area contributed by atoms with Crippen molar-refractivity contribution in [3.63, 3.8) is 0 Å². The maximum Gasteiger partial charge on any atom is 0.254 e. The van der Waals surface area contributed by atoms with Crippen molar-refractivity contribution in [3.8, 4) is 5.75 Å². The summed E-state index contributed by atoms with van der Waals surface area (Å²) in [5.74, 6) is 0.871. The largest absolute Gasteiger partial charge is 0.497 e. The maximum absolute atomic E-state index is 12.9. The highest BCUT2D eigenvalue weighted by Crippen LogP contribution is 2.31. The first-order valence-corrected chi connectivity index (χ1v) is 8.09. The van der Waals surface area contributed by atoms with Gasteiger partial charge in [0.2, 0.25) is 0 Å². The lowest BCUT2D eigenvalue weighted by Crippen LogP contribution is -2.39. The van der Waals surface area contributed by atoms with Crippen LogP contribution in [0, 0.1) is 0 Å². The second-order valence-electron chi connectivity index (χ2n) is 6.04. The molecule has 3 rings (SSSR count). The fraction of sp³-hybridized carbons (Fsp3) is 0.368. The van der Waals surface area contributed by atoms with Gasteiger partial charge in [-0.2, -0.15) is 0 Å². The third kappa shape index (κ3) is 3.36. The van der Waals surface area contributed by atoms with Crippen molar-refractivity contribution in [2.24, 2.45) is 7.05 Å². The van der Waals surface area contributed by atoms with Gasteiger partial charge < -0.3 is 9.64 Å². The molecule has 0 saturated carbocycles. The minimum absolute atomic E-state index is 0.101. The van der Waals surface area contributed by atoms with E-state index in [-0.39, 0.29) is 11.9 Å². The summed E-state index contributed by atoms with van der Waals surface area (Å²) in [5, 5.41) is 0. The van der Waals surface area contributed by atoms with E-state index in [1.807, 2.05) is 53.0 Å². The Kier molecular flexibility index (Phi) is 4.60. The standard InChI is InChI=1S/C19H23N2O2/c1-20-12-5-6-16(14-20)18-7-3-4-13-21(18)19(22)15-8-10-17(23-2)11-9-15/h5-6,8-12,14,18H,3-4,7,13H2,1-2H3/q+1/t18-/m0/s1. The first kappa shape index (κ1) is 15.5. The van der Waals surface area contributed by atoms with Gasteiger partial charge in [-0.05, 0) is 49.6 Å². The molecular formula is C19H23N2O2+. The number of hydrogen-bond donors (Lipinski definition) is 0. The Morgan fingerprint density at radius 1 is 1.22 bits per heavy atom. The number of pyridine rings is 1. The predicted molar refractivity (Wildman–Crippen MR) is 88.2 cm³/mol. The zero-order chi connectivity index (χ0) is 16.2. The van der Waals surface area contributed by atoms with Crippen molar-refractivity contribution in [3.05, 3.63) is 59.9 Å². The number of carbonyl (C=O) groups excluding carboxylic acids is 1. The molecule has 1 atom stereocenters. The Balaban J connectivity index is 1.86. The van der Waals surface area contributed by atoms with Gasteiger partial charge in [0, 0.05) is 23.7 Å². The Labute approximate surface area is 137 Å². The van der Waals surface area contributed by atoms with Crippen LogP contribution >= 0.6 is 0 Å². The molecule has 1 aliphatic heterocycles. The highest BCUT2D eigenvalue weighted by Gasteiger charge is 2.29. The van der Waals surface area contributed by atoms with Crippen molar-refractivity contribution in [2.45, 2.75) is 25.3 Å². The molecule has 1 aromatic heterocycles. The number of ether oxygens (including phenoxy) is 1. The summed E-state index contributed by atoms with van der Waals surface area (Å²) in [7, 11) is 3.65. The Hall–Kier alpha value is -2.36. The van der Waals surface area contributed by atoms with Crippen molar-refractivity contribution in [1.29, 1.82) is 0 Å². The second-order valence-corrected chi connectivity index (χ2v) is 6.04. The van der Waals surface area contributed by atoms with Gasteiger partial charge in [0.15, 0.2) is 12.4 Å². The van der Waals surface area contributed by atoms with Crippen molar-refractivity contribution < 1.29 is 14.1 Å². The van der Waals surface area contributed by atoms with Crippen molar-refractivity contribution in [1.82, 2.24) is 4.90 Å². The van der Waals surface area contributed by atoms with Crippen LogP contribution in [-0.4, -0.2) is 24.5 Å². The Morgan fingerprint density at radius 3 is 2.70 bits per heavy atom. The fourth-order valence-electron chi connectivity index (χ4n) is 3.23. The van der Waals surface area contributed by atoms with Crippen LogP contribution in [0.4, 0.5) is 0 Å². The zero-order valence-corrected chi connectivity index (χ0v) is 13.7. The second kappa shape index (κ2) is 6.82. The van der Waals surface area contributed by atoms with Gasteiger partial charge >= 0.3 is 0 Å². The van der Waals surface area contributed by atoms with E-state index in [0.717, 1.165) is 37.1 Å². The van der Waals surface area contributed by atoms with E-state index in [0.29, 0.717) is 0 Å². The lowest BCUT2D eigenvalue weighted by molar-refractivity contribution is -0.672. The average Bonchev–Trinajstić information content (AvgIpc) is 2.61. The number of aryl methyl sites for hydroxylation is 1. The third-order valence-corrected chi connectivity index (χ3v) is 4.45. The van der Waals surface area contributed by atoms with Crippen LogP contribution in [0.25, 0.3) is 0 Å². The summed E-state index contributed by atoms with van der Waals surface area (Å²) in [6.45, 7) is 0.814. The van der Waals surface area contributed by atoms with E-state index in [9.17, 15) is 4.79 Å². The lowest BCUT2D eigenvalue weighted by atomic mass is 9.95. The molecule has 1 aromatic carbocycles. The van der Waals surface area contributed by atoms with E-state index in [2.05, 4.69) is 12.3 Å². The maximum atomic E-state index is 12.9. The van der Waals surface area contributed by atoms with Crippen molar-refractivity contribution in [2.75, 3.05) is 13.7 Å². The SMILES string of the molecule is COc1ccc(C(=O)N2CCCC[C@H]2c2ccc[n+](C)c2)cc1. The zero-order valence-electron chi connectivity index (χ0n) is 13.7. The number of carbonyl (C=O) groups is 1. The molecule has 2 heterocycles. The molecule has 2 aromatic rings. The number of likely N-dealkylation sites (tertiary alicyclic amines) is 1. The minimum atomic E-state index is 0.101. The summed E-state index contributed by atoms with van der Waals surface area (Å²) in [5.41, 5.74) is 1.93. The number of nitrogens with zero attached hydrogens (tertiary/aromatic N) is 2. The molecule has 0 unspecified atom stereocenters. The molecule has 120 valence electrons. The number of hydrogen-bond acceptors (Lipinski definition) is 2. The molecule has 0 radical (unpaired) electrons. The van der Waals surface area contributed by atoms with Crippen LogP contribution < -0.4 is 9.30 Å². The Bertz CT molecular complexity index is 682. The van der Waals surface area contributed by atoms with Gasteiger partial charge in [-0.3, -0.25) is 4.79 Å². The average molecular weight is 311 g/mol. The molecule has 1 aliphatic rings. The molecule has 1 saturated heterocycles. The number of amides is 1. The molecule has 4 heteroatoms. The number of piperidine rings is 1. The highest BCUT2D eigenvalue weighted by atomic mass is 16.5. The quantitative estimate of drug-likeness (QED) is 0.817. The first-order chi connectivity index (χ1) is 11.2. The third-order valence-electron chi connectivity index (χ3n) is 4.45. The van der Waals surface area contributed by atoms with E-state index >= 15 is 0 Å². The van der Waals surface area contributed by atoms with Gasteiger partial charge in [-0.1, -0.05) is 0 Å². The summed E-state index contributed by atoms with van der Waals surface area (Å²) < 4.78 is 7.21. The first-order valence-electron chi connectivity index (χ1n) is 8.09. The smallest absolute Gasteiger partial charge is 0.254 e. The van der Waals surface area contributed by atoms with Crippen LogP contribution in [0.5, 0.6) is 5.75 Å². The summed E-state index contributed by atoms with van der Waals surface area (Å²) in [6.07, 6.45) is 7.38. The summed E-state index contributed by atoms with van der Waals surface area (Å²) in [4.78, 5) is 15.0. The molecule has 4 nitrogen and oxygen atoms in total. The monoisotopic (exact) mass is 311 g/mol. The number of methoxy groups -OCH3 is 1. The number of aromatic nitrogens is 1. The molecule has 0 aliphatic carbocycles. The molecule has 0 N–H and O–H groups in total. The fourth-order valence-corrected chi connectivity index (χ4v) is 3.23. The van der Waals surface area contributed by atoms with Gasteiger partial charge in [-0.15, -0.1) is 0 Å². The molecule has 0 bridgehead atoms. The lowest BCUT2D eigenvalue weighted by Gasteiger charge is -2.35. The van der Waals surface area contributed by atoms with Crippen LogP contribution in [0.2, 0.25) is 0 Å².